The second kappa shape index (κ2) is 6.15. The molecule has 0 unspecified atom stereocenters. The SMILES string of the molecule is O=CCc1c(Cl)cccc1-c1c(Cl)cc(Cl)cc1Cl. The number of hydrogen-bond donors (Lipinski definition) is 0. The van der Waals surface area contributed by atoms with Crippen molar-refractivity contribution in [1.29, 1.82) is 0 Å². The molecule has 1 nitrogen and oxygen atoms in total. The molecular weight excluding hydrogens is 326 g/mol. The summed E-state index contributed by atoms with van der Waals surface area (Å²) in [5.41, 5.74) is 2.07. The molecule has 2 aromatic rings. The molecule has 0 heterocycles. The summed E-state index contributed by atoms with van der Waals surface area (Å²) in [6.45, 7) is 0. The molecule has 2 rings (SSSR count). The summed E-state index contributed by atoms with van der Waals surface area (Å²) in [6.07, 6.45) is 0.993. The highest BCUT2D eigenvalue weighted by Gasteiger charge is 2.15. The fourth-order valence-electron chi connectivity index (χ4n) is 1.88. The first-order valence-electron chi connectivity index (χ1n) is 5.40. The second-order valence-corrected chi connectivity index (χ2v) is 5.54. The van der Waals surface area contributed by atoms with Crippen molar-refractivity contribution in [3.05, 3.63) is 56.0 Å². The summed E-state index contributed by atoms with van der Waals surface area (Å²) < 4.78 is 0. The van der Waals surface area contributed by atoms with Gasteiger partial charge in [0.15, 0.2) is 0 Å². The fourth-order valence-corrected chi connectivity index (χ4v) is 3.16. The Labute approximate surface area is 131 Å². The van der Waals surface area contributed by atoms with Gasteiger partial charge >= 0.3 is 0 Å². The van der Waals surface area contributed by atoms with Gasteiger partial charge in [-0.25, -0.2) is 0 Å². The van der Waals surface area contributed by atoms with Crippen LogP contribution in [0.3, 0.4) is 0 Å². The molecule has 0 bridgehead atoms. The van der Waals surface area contributed by atoms with E-state index < -0.39 is 0 Å². The average molecular weight is 334 g/mol. The molecule has 5 heteroatoms. The lowest BCUT2D eigenvalue weighted by molar-refractivity contribution is -0.107. The van der Waals surface area contributed by atoms with Crippen molar-refractivity contribution in [2.75, 3.05) is 0 Å². The molecule has 0 aliphatic carbocycles. The van der Waals surface area contributed by atoms with Crippen molar-refractivity contribution in [1.82, 2.24) is 0 Å². The van der Waals surface area contributed by atoms with Crippen molar-refractivity contribution in [2.45, 2.75) is 6.42 Å². The van der Waals surface area contributed by atoms with E-state index in [1.807, 2.05) is 6.07 Å². The molecule has 0 radical (unpaired) electrons. The van der Waals surface area contributed by atoms with Crippen LogP contribution in [0.4, 0.5) is 0 Å². The van der Waals surface area contributed by atoms with Crippen LogP contribution in [0.15, 0.2) is 30.3 Å². The van der Waals surface area contributed by atoms with E-state index in [2.05, 4.69) is 0 Å². The van der Waals surface area contributed by atoms with Gasteiger partial charge in [0.05, 0.1) is 10.0 Å². The third kappa shape index (κ3) is 3.06. The van der Waals surface area contributed by atoms with Gasteiger partial charge in [-0.15, -0.1) is 0 Å². The highest BCUT2D eigenvalue weighted by molar-refractivity contribution is 6.42. The minimum absolute atomic E-state index is 0.199. The van der Waals surface area contributed by atoms with Gasteiger partial charge in [-0.3, -0.25) is 0 Å². The molecule has 0 saturated carbocycles. The third-order valence-electron chi connectivity index (χ3n) is 2.68. The van der Waals surface area contributed by atoms with Crippen molar-refractivity contribution in [3.63, 3.8) is 0 Å². The summed E-state index contributed by atoms with van der Waals surface area (Å²) >= 11 is 24.4. The zero-order valence-corrected chi connectivity index (χ0v) is 12.6. The van der Waals surface area contributed by atoms with E-state index in [9.17, 15) is 4.79 Å². The third-order valence-corrected chi connectivity index (χ3v) is 3.85. The number of aldehydes is 1. The van der Waals surface area contributed by atoms with Crippen LogP contribution in [0, 0.1) is 0 Å². The van der Waals surface area contributed by atoms with Gasteiger partial charge in [0.2, 0.25) is 0 Å². The smallest absolute Gasteiger partial charge is 0.124 e. The van der Waals surface area contributed by atoms with E-state index in [4.69, 9.17) is 46.4 Å². The van der Waals surface area contributed by atoms with Gasteiger partial charge in [-0.1, -0.05) is 58.5 Å². The summed E-state index contributed by atoms with van der Waals surface area (Å²) in [7, 11) is 0. The Bertz CT molecular complexity index is 614. The lowest BCUT2D eigenvalue weighted by Gasteiger charge is -2.13. The van der Waals surface area contributed by atoms with Crippen LogP contribution < -0.4 is 0 Å². The van der Waals surface area contributed by atoms with E-state index in [-0.39, 0.29) is 6.42 Å². The Hall–Kier alpha value is -0.730. The van der Waals surface area contributed by atoms with E-state index in [0.29, 0.717) is 31.2 Å². The predicted molar refractivity (Wildman–Crippen MR) is 81.7 cm³/mol. The molecule has 2 aromatic carbocycles. The second-order valence-electron chi connectivity index (χ2n) is 3.88. The van der Waals surface area contributed by atoms with Gasteiger partial charge in [0.25, 0.3) is 0 Å². The van der Waals surface area contributed by atoms with Gasteiger partial charge in [-0.2, -0.15) is 0 Å². The number of hydrogen-bond acceptors (Lipinski definition) is 1. The van der Waals surface area contributed by atoms with Crippen LogP contribution in [0.25, 0.3) is 11.1 Å². The molecule has 0 amide bonds. The van der Waals surface area contributed by atoms with Crippen LogP contribution in [0.5, 0.6) is 0 Å². The number of benzene rings is 2. The van der Waals surface area contributed by atoms with E-state index in [1.165, 1.54) is 0 Å². The lowest BCUT2D eigenvalue weighted by Crippen LogP contribution is -1.94. The molecule has 0 aliphatic heterocycles. The summed E-state index contributed by atoms with van der Waals surface area (Å²) in [6, 6.07) is 8.55. The van der Waals surface area contributed by atoms with Crippen molar-refractivity contribution in [3.8, 4) is 11.1 Å². The molecule has 0 saturated heterocycles. The number of carbonyl (C=O) groups is 1. The van der Waals surface area contributed by atoms with Crippen molar-refractivity contribution in [2.24, 2.45) is 0 Å². The molecule has 0 N–H and O–H groups in total. The maximum Gasteiger partial charge on any atom is 0.124 e. The molecule has 19 heavy (non-hydrogen) atoms. The van der Waals surface area contributed by atoms with Gasteiger partial charge in [0.1, 0.15) is 6.29 Å². The Balaban J connectivity index is 2.72. The van der Waals surface area contributed by atoms with Crippen molar-refractivity contribution < 1.29 is 4.79 Å². The molecule has 0 aliphatic rings. The van der Waals surface area contributed by atoms with E-state index >= 15 is 0 Å². The van der Waals surface area contributed by atoms with Crippen molar-refractivity contribution >= 4 is 52.7 Å². The zero-order valence-electron chi connectivity index (χ0n) is 9.59. The normalized spacial score (nSPS) is 10.5. The number of rotatable bonds is 3. The Morgan fingerprint density at radius 1 is 0.947 bits per heavy atom. The highest BCUT2D eigenvalue weighted by Crippen LogP contribution is 2.40. The average Bonchev–Trinajstić information content (AvgIpc) is 2.32. The topological polar surface area (TPSA) is 17.1 Å². The standard InChI is InChI=1S/C14H8Cl4O/c15-8-6-12(17)14(13(18)7-8)10-2-1-3-11(16)9(10)4-5-19/h1-3,5-7H,4H2. The first-order valence-corrected chi connectivity index (χ1v) is 6.91. The predicted octanol–water partition coefficient (Wildman–Crippen LogP) is 5.71. The molecule has 0 fully saturated rings. The Morgan fingerprint density at radius 3 is 2.16 bits per heavy atom. The van der Waals surface area contributed by atoms with E-state index in [1.54, 1.807) is 24.3 Å². The Kier molecular flexibility index (Phi) is 4.75. The summed E-state index contributed by atoms with van der Waals surface area (Å²) in [5.74, 6) is 0. The molecule has 0 aromatic heterocycles. The largest absolute Gasteiger partial charge is 0.303 e. The zero-order chi connectivity index (χ0) is 14.0. The maximum atomic E-state index is 10.8. The Morgan fingerprint density at radius 2 is 1.58 bits per heavy atom. The molecular formula is C14H8Cl4O. The van der Waals surface area contributed by atoms with Crippen LogP contribution in [-0.2, 0) is 11.2 Å². The fraction of sp³-hybridized carbons (Fsp3) is 0.0714. The summed E-state index contributed by atoms with van der Waals surface area (Å²) in [4.78, 5) is 10.8. The molecule has 0 spiro atoms. The first-order chi connectivity index (χ1) is 9.04. The van der Waals surface area contributed by atoms with Crippen LogP contribution in [0.1, 0.15) is 5.56 Å². The molecule has 98 valence electrons. The minimum atomic E-state index is 0.199. The number of carbonyl (C=O) groups excluding carboxylic acids is 1. The minimum Gasteiger partial charge on any atom is -0.303 e. The van der Waals surface area contributed by atoms with E-state index in [0.717, 1.165) is 11.8 Å². The first kappa shape index (κ1) is 14.7. The van der Waals surface area contributed by atoms with Gasteiger partial charge < -0.3 is 4.79 Å². The lowest BCUT2D eigenvalue weighted by atomic mass is 9.98. The molecule has 0 atom stereocenters. The quantitative estimate of drug-likeness (QED) is 0.657. The maximum absolute atomic E-state index is 10.8. The van der Waals surface area contributed by atoms with Crippen LogP contribution in [0.2, 0.25) is 20.1 Å². The summed E-state index contributed by atoms with van der Waals surface area (Å²) in [5, 5.41) is 1.81. The van der Waals surface area contributed by atoms with Gasteiger partial charge in [-0.05, 0) is 29.3 Å². The highest BCUT2D eigenvalue weighted by atomic mass is 35.5. The van der Waals surface area contributed by atoms with Gasteiger partial charge in [0, 0.05) is 22.0 Å². The van der Waals surface area contributed by atoms with Crippen LogP contribution >= 0.6 is 46.4 Å². The monoisotopic (exact) mass is 332 g/mol. The van der Waals surface area contributed by atoms with Crippen LogP contribution in [-0.4, -0.2) is 6.29 Å². The number of halogens is 4.